The number of anilines is 1. The van der Waals surface area contributed by atoms with Crippen molar-refractivity contribution in [3.63, 3.8) is 0 Å². The van der Waals surface area contributed by atoms with E-state index in [0.717, 1.165) is 31.5 Å². The average Bonchev–Trinajstić information content (AvgIpc) is 2.37. The molecule has 1 aromatic carbocycles. The van der Waals surface area contributed by atoms with Gasteiger partial charge >= 0.3 is 0 Å². The molecule has 1 atom stereocenters. The van der Waals surface area contributed by atoms with Gasteiger partial charge in [0, 0.05) is 24.8 Å². The Hall–Kier alpha value is -1.09. The summed E-state index contributed by atoms with van der Waals surface area (Å²) in [5, 5.41) is 0. The Kier molecular flexibility index (Phi) is 4.69. The van der Waals surface area contributed by atoms with Gasteiger partial charge in [0.05, 0.1) is 0 Å². The first-order chi connectivity index (χ1) is 9.41. The first-order valence-electron chi connectivity index (χ1n) is 7.70. The van der Waals surface area contributed by atoms with Crippen molar-refractivity contribution in [2.45, 2.75) is 52.5 Å². The Labute approximate surface area is 122 Å². The topological polar surface area (TPSA) is 29.3 Å². The fraction of sp³-hybridized carbons (Fsp3) is 0.647. The van der Waals surface area contributed by atoms with Gasteiger partial charge < -0.3 is 10.6 Å². The van der Waals surface area contributed by atoms with E-state index in [-0.39, 0.29) is 11.9 Å². The van der Waals surface area contributed by atoms with Crippen molar-refractivity contribution in [1.82, 2.24) is 0 Å². The second-order valence-corrected chi connectivity index (χ2v) is 6.83. The average molecular weight is 278 g/mol. The van der Waals surface area contributed by atoms with E-state index in [1.807, 2.05) is 6.07 Å². The first-order valence-corrected chi connectivity index (χ1v) is 7.70. The van der Waals surface area contributed by atoms with E-state index >= 15 is 0 Å². The van der Waals surface area contributed by atoms with Crippen molar-refractivity contribution >= 4 is 5.69 Å². The summed E-state index contributed by atoms with van der Waals surface area (Å²) >= 11 is 0. The molecular weight excluding hydrogens is 251 g/mol. The van der Waals surface area contributed by atoms with Gasteiger partial charge in [-0.3, -0.25) is 0 Å². The third-order valence-corrected chi connectivity index (χ3v) is 4.29. The van der Waals surface area contributed by atoms with Gasteiger partial charge in [-0.1, -0.05) is 20.8 Å². The SMILES string of the molecule is CCC(N)Cc1cc(F)ccc1N1CCCC(C)(C)C1. The number of halogens is 1. The van der Waals surface area contributed by atoms with Crippen LogP contribution in [-0.4, -0.2) is 19.1 Å². The molecule has 0 saturated carbocycles. The van der Waals surface area contributed by atoms with Gasteiger partial charge in [-0.05, 0) is 54.9 Å². The zero-order valence-corrected chi connectivity index (χ0v) is 13.0. The molecular formula is C17H27FN2. The van der Waals surface area contributed by atoms with Crippen LogP contribution in [0.15, 0.2) is 18.2 Å². The normalized spacial score (nSPS) is 19.9. The largest absolute Gasteiger partial charge is 0.371 e. The van der Waals surface area contributed by atoms with Crippen molar-refractivity contribution in [1.29, 1.82) is 0 Å². The van der Waals surface area contributed by atoms with E-state index < -0.39 is 0 Å². The van der Waals surface area contributed by atoms with E-state index in [1.54, 1.807) is 12.1 Å². The lowest BCUT2D eigenvalue weighted by molar-refractivity contribution is 0.293. The first kappa shape index (κ1) is 15.3. The number of rotatable bonds is 4. The van der Waals surface area contributed by atoms with E-state index in [1.165, 1.54) is 18.5 Å². The molecule has 0 radical (unpaired) electrons. The summed E-state index contributed by atoms with van der Waals surface area (Å²) in [6, 6.07) is 5.26. The Morgan fingerprint density at radius 3 is 2.80 bits per heavy atom. The van der Waals surface area contributed by atoms with Crippen molar-refractivity contribution in [2.24, 2.45) is 11.1 Å². The Morgan fingerprint density at radius 1 is 1.40 bits per heavy atom. The predicted molar refractivity (Wildman–Crippen MR) is 83.6 cm³/mol. The molecule has 0 bridgehead atoms. The molecule has 0 amide bonds. The molecule has 3 heteroatoms. The number of hydrogen-bond donors (Lipinski definition) is 1. The van der Waals surface area contributed by atoms with Crippen LogP contribution in [-0.2, 0) is 6.42 Å². The zero-order chi connectivity index (χ0) is 14.8. The van der Waals surface area contributed by atoms with Crippen LogP contribution in [0.2, 0.25) is 0 Å². The van der Waals surface area contributed by atoms with Crippen molar-refractivity contribution in [3.8, 4) is 0 Å². The minimum Gasteiger partial charge on any atom is -0.371 e. The quantitative estimate of drug-likeness (QED) is 0.909. The van der Waals surface area contributed by atoms with Gasteiger partial charge in [0.25, 0.3) is 0 Å². The number of nitrogens with two attached hydrogens (primary N) is 1. The van der Waals surface area contributed by atoms with E-state index in [0.29, 0.717) is 5.41 Å². The third-order valence-electron chi connectivity index (χ3n) is 4.29. The Balaban J connectivity index is 2.26. The number of nitrogens with zero attached hydrogens (tertiary/aromatic N) is 1. The maximum Gasteiger partial charge on any atom is 0.123 e. The van der Waals surface area contributed by atoms with Crippen molar-refractivity contribution < 1.29 is 4.39 Å². The zero-order valence-electron chi connectivity index (χ0n) is 13.0. The molecule has 0 aromatic heterocycles. The summed E-state index contributed by atoms with van der Waals surface area (Å²) in [5.41, 5.74) is 8.62. The van der Waals surface area contributed by atoms with Gasteiger partial charge in [-0.2, -0.15) is 0 Å². The highest BCUT2D eigenvalue weighted by molar-refractivity contribution is 5.54. The molecule has 2 rings (SSSR count). The van der Waals surface area contributed by atoms with Crippen molar-refractivity contribution in [3.05, 3.63) is 29.6 Å². The minimum atomic E-state index is -0.164. The van der Waals surface area contributed by atoms with Gasteiger partial charge in [0.15, 0.2) is 0 Å². The number of benzene rings is 1. The summed E-state index contributed by atoms with van der Waals surface area (Å²) in [6.45, 7) is 8.78. The van der Waals surface area contributed by atoms with E-state index in [2.05, 4.69) is 25.7 Å². The molecule has 0 aliphatic carbocycles. The van der Waals surface area contributed by atoms with Gasteiger partial charge in [0.1, 0.15) is 5.82 Å². The molecule has 1 fully saturated rings. The maximum atomic E-state index is 13.6. The van der Waals surface area contributed by atoms with Crippen LogP contribution in [0, 0.1) is 11.2 Å². The lowest BCUT2D eigenvalue weighted by Crippen LogP contribution is -2.40. The number of hydrogen-bond acceptors (Lipinski definition) is 2. The van der Waals surface area contributed by atoms with Gasteiger partial charge in [-0.15, -0.1) is 0 Å². The Morgan fingerprint density at radius 2 is 2.15 bits per heavy atom. The molecule has 1 aromatic rings. The predicted octanol–water partition coefficient (Wildman–Crippen LogP) is 3.73. The van der Waals surface area contributed by atoms with E-state index in [9.17, 15) is 4.39 Å². The van der Waals surface area contributed by atoms with Crippen LogP contribution in [0.4, 0.5) is 10.1 Å². The minimum absolute atomic E-state index is 0.105. The van der Waals surface area contributed by atoms with Gasteiger partial charge in [0.2, 0.25) is 0 Å². The third kappa shape index (κ3) is 3.72. The fourth-order valence-electron chi connectivity index (χ4n) is 3.08. The standard InChI is InChI=1S/C17H27FN2/c1-4-15(19)11-13-10-14(18)6-7-16(13)20-9-5-8-17(2,3)12-20/h6-7,10,15H,4-5,8-9,11-12,19H2,1-3H3. The van der Waals surface area contributed by atoms with Crippen LogP contribution >= 0.6 is 0 Å². The summed E-state index contributed by atoms with van der Waals surface area (Å²) in [5.74, 6) is -0.164. The number of piperidine rings is 1. The summed E-state index contributed by atoms with van der Waals surface area (Å²) in [6.07, 6.45) is 4.13. The Bertz CT molecular complexity index is 456. The smallest absolute Gasteiger partial charge is 0.123 e. The molecule has 1 unspecified atom stereocenters. The fourth-order valence-corrected chi connectivity index (χ4v) is 3.08. The highest BCUT2D eigenvalue weighted by Crippen LogP contribution is 2.33. The molecule has 2 N–H and O–H groups in total. The second kappa shape index (κ2) is 6.13. The van der Waals surface area contributed by atoms with Crippen LogP contribution < -0.4 is 10.6 Å². The molecule has 1 aliphatic rings. The highest BCUT2D eigenvalue weighted by Gasteiger charge is 2.27. The van der Waals surface area contributed by atoms with Crippen molar-refractivity contribution in [2.75, 3.05) is 18.0 Å². The van der Waals surface area contributed by atoms with E-state index in [4.69, 9.17) is 5.73 Å². The van der Waals surface area contributed by atoms with Crippen LogP contribution in [0.3, 0.4) is 0 Å². The van der Waals surface area contributed by atoms with Crippen LogP contribution in [0.25, 0.3) is 0 Å². The molecule has 112 valence electrons. The maximum absolute atomic E-state index is 13.6. The lowest BCUT2D eigenvalue weighted by Gasteiger charge is -2.40. The summed E-state index contributed by atoms with van der Waals surface area (Å²) in [7, 11) is 0. The molecule has 1 aliphatic heterocycles. The van der Waals surface area contributed by atoms with Crippen LogP contribution in [0.5, 0.6) is 0 Å². The lowest BCUT2D eigenvalue weighted by atomic mass is 9.83. The molecule has 20 heavy (non-hydrogen) atoms. The molecule has 0 spiro atoms. The molecule has 1 saturated heterocycles. The van der Waals surface area contributed by atoms with Gasteiger partial charge in [-0.25, -0.2) is 4.39 Å². The summed E-state index contributed by atoms with van der Waals surface area (Å²) in [4.78, 5) is 2.40. The summed E-state index contributed by atoms with van der Waals surface area (Å²) < 4.78 is 13.6. The monoisotopic (exact) mass is 278 g/mol. The molecule has 1 heterocycles. The highest BCUT2D eigenvalue weighted by atomic mass is 19.1. The molecule has 2 nitrogen and oxygen atoms in total. The van der Waals surface area contributed by atoms with Crippen LogP contribution in [0.1, 0.15) is 45.6 Å². The second-order valence-electron chi connectivity index (χ2n) is 6.83.